The van der Waals surface area contributed by atoms with E-state index in [9.17, 15) is 14.4 Å². The van der Waals surface area contributed by atoms with Crippen LogP contribution in [0.5, 0.6) is 0 Å². The molecule has 0 aromatic carbocycles. The van der Waals surface area contributed by atoms with Gasteiger partial charge in [-0.15, -0.1) is 0 Å². The quantitative estimate of drug-likeness (QED) is 0.296. The number of carboxylic acids is 1. The van der Waals surface area contributed by atoms with Gasteiger partial charge in [-0.3, -0.25) is 19.5 Å². The molecule has 3 N–H and O–H groups in total. The van der Waals surface area contributed by atoms with Crippen molar-refractivity contribution in [1.82, 2.24) is 24.7 Å². The first-order chi connectivity index (χ1) is 23.8. The average molecular weight is 694 g/mol. The molecule has 0 bridgehead atoms. The molecule has 5 heterocycles. The third kappa shape index (κ3) is 10.9. The average Bonchev–Trinajstić information content (AvgIpc) is 3.07. The Balaban J connectivity index is 0.000000279. The van der Waals surface area contributed by atoms with Crippen molar-refractivity contribution in [3.8, 4) is 0 Å². The van der Waals surface area contributed by atoms with E-state index in [1.165, 1.54) is 5.56 Å². The number of aromatic nitrogens is 2. The number of nitrogen functional groups attached to an aromatic ring is 1. The lowest BCUT2D eigenvalue weighted by Crippen LogP contribution is -2.48. The molecule has 0 saturated carbocycles. The topological polar surface area (TPSA) is 164 Å². The third-order valence-electron chi connectivity index (χ3n) is 9.76. The number of ether oxygens (including phenoxy) is 1. The number of piperidine rings is 3. The van der Waals surface area contributed by atoms with E-state index >= 15 is 0 Å². The highest BCUT2D eigenvalue weighted by molar-refractivity contribution is 6.00. The summed E-state index contributed by atoms with van der Waals surface area (Å²) in [5, 5.41) is 13.2. The molecule has 4 unspecified atom stereocenters. The monoisotopic (exact) mass is 693 g/mol. The molecule has 0 spiro atoms. The van der Waals surface area contributed by atoms with Gasteiger partial charge in [0.05, 0.1) is 11.6 Å². The Morgan fingerprint density at radius 1 is 0.920 bits per heavy atom. The first-order valence-corrected chi connectivity index (χ1v) is 17.7. The number of rotatable bonds is 7. The second-order valence-electron chi connectivity index (χ2n) is 14.7. The summed E-state index contributed by atoms with van der Waals surface area (Å²) in [6.45, 7) is 13.3. The number of carboxylic acid groups (broad SMARTS) is 1. The van der Waals surface area contributed by atoms with Crippen molar-refractivity contribution >= 4 is 29.5 Å². The number of pyridine rings is 2. The summed E-state index contributed by atoms with van der Waals surface area (Å²) in [6.07, 6.45) is 7.71. The minimum Gasteiger partial charge on any atom is -0.481 e. The van der Waals surface area contributed by atoms with Gasteiger partial charge in [-0.2, -0.15) is 0 Å². The number of carbonyl (C=O) groups is 3. The van der Waals surface area contributed by atoms with E-state index in [0.29, 0.717) is 37.2 Å². The fraction of sp³-hybridized carbons (Fsp3) is 0.622. The van der Waals surface area contributed by atoms with Crippen LogP contribution in [0.4, 0.5) is 10.6 Å². The standard InChI is InChI=1S/C25H34N6O2.C12H21NO4/c1-18-15-21(9-14-31(18)17-19-6-11-28-23(26)16-19)25(32)30-12-7-20(8-13-30)24(29-33-2)22-5-3-4-10-27-22;1-8-7-9(10(14)15)5-6-13(8)11(16)17-12(2,3)4/h3-6,10-11,16,18,20-21H,7-9,12-15,17H2,1-2H3,(H2,26,28);8-9H,5-7H2,1-4H3,(H,14,15). The van der Waals surface area contributed by atoms with Gasteiger partial charge in [-0.1, -0.05) is 11.2 Å². The first-order valence-electron chi connectivity index (χ1n) is 17.7. The summed E-state index contributed by atoms with van der Waals surface area (Å²) < 4.78 is 5.28. The number of likely N-dealkylation sites (tertiary alicyclic amines) is 3. The van der Waals surface area contributed by atoms with E-state index in [1.807, 2.05) is 58.0 Å². The summed E-state index contributed by atoms with van der Waals surface area (Å²) in [5.74, 6) is 0.0756. The van der Waals surface area contributed by atoms with E-state index in [4.69, 9.17) is 20.4 Å². The Bertz CT molecular complexity index is 1460. The summed E-state index contributed by atoms with van der Waals surface area (Å²) >= 11 is 0. The molecule has 3 aliphatic rings. The lowest BCUT2D eigenvalue weighted by Gasteiger charge is -2.40. The normalized spacial score (nSPS) is 23.8. The molecule has 3 fully saturated rings. The number of aliphatic carboxylic acids is 1. The molecule has 0 aliphatic carbocycles. The maximum Gasteiger partial charge on any atom is 0.410 e. The zero-order valence-corrected chi connectivity index (χ0v) is 30.5. The number of anilines is 1. The van der Waals surface area contributed by atoms with Crippen molar-refractivity contribution in [2.24, 2.45) is 22.9 Å². The van der Waals surface area contributed by atoms with Crippen LogP contribution < -0.4 is 5.73 Å². The van der Waals surface area contributed by atoms with Gasteiger partial charge in [0.1, 0.15) is 24.2 Å². The summed E-state index contributed by atoms with van der Waals surface area (Å²) in [5.41, 5.74) is 8.21. The predicted molar refractivity (Wildman–Crippen MR) is 191 cm³/mol. The van der Waals surface area contributed by atoms with E-state index in [-0.39, 0.29) is 29.9 Å². The molecule has 50 heavy (non-hydrogen) atoms. The number of nitrogens with two attached hydrogens (primary N) is 1. The van der Waals surface area contributed by atoms with Crippen molar-refractivity contribution < 1.29 is 29.1 Å². The van der Waals surface area contributed by atoms with Gasteiger partial charge < -0.3 is 30.2 Å². The molecule has 3 saturated heterocycles. The van der Waals surface area contributed by atoms with Crippen LogP contribution in [0.1, 0.15) is 84.4 Å². The SMILES string of the molecule is CC1CC(C(=O)O)CCN1C(=O)OC(C)(C)C.CON=C(c1ccccn1)C1CCN(C(=O)C2CCN(Cc3ccnc(N)c3)C(C)C2)CC1. The Hall–Kier alpha value is -4.26. The maximum atomic E-state index is 13.3. The van der Waals surface area contributed by atoms with Crippen LogP contribution in [-0.4, -0.2) is 104 Å². The fourth-order valence-electron chi connectivity index (χ4n) is 7.07. The van der Waals surface area contributed by atoms with Gasteiger partial charge >= 0.3 is 12.1 Å². The van der Waals surface area contributed by atoms with Crippen molar-refractivity contribution in [2.75, 3.05) is 39.0 Å². The number of carbonyl (C=O) groups excluding carboxylic acids is 2. The largest absolute Gasteiger partial charge is 0.481 e. The molecule has 2 amide bonds. The summed E-state index contributed by atoms with van der Waals surface area (Å²) in [4.78, 5) is 55.7. The summed E-state index contributed by atoms with van der Waals surface area (Å²) in [7, 11) is 1.57. The van der Waals surface area contributed by atoms with E-state index in [0.717, 1.165) is 63.3 Å². The molecule has 4 atom stereocenters. The van der Waals surface area contributed by atoms with Gasteiger partial charge in [-0.05, 0) is 110 Å². The van der Waals surface area contributed by atoms with Crippen LogP contribution in [0.2, 0.25) is 0 Å². The van der Waals surface area contributed by atoms with Crippen LogP contribution in [0.15, 0.2) is 47.9 Å². The van der Waals surface area contributed by atoms with Crippen LogP contribution >= 0.6 is 0 Å². The van der Waals surface area contributed by atoms with Gasteiger partial charge in [0, 0.05) is 62.5 Å². The molecule has 13 nitrogen and oxygen atoms in total. The second-order valence-corrected chi connectivity index (χ2v) is 14.7. The van der Waals surface area contributed by atoms with Gasteiger partial charge in [0.25, 0.3) is 0 Å². The molecule has 3 aliphatic heterocycles. The lowest BCUT2D eigenvalue weighted by molar-refractivity contribution is -0.144. The molecule has 13 heteroatoms. The van der Waals surface area contributed by atoms with E-state index in [1.54, 1.807) is 24.4 Å². The number of amides is 2. The Kier molecular flexibility index (Phi) is 13.6. The number of nitrogens with zero attached hydrogens (tertiary/aromatic N) is 6. The predicted octanol–water partition coefficient (Wildman–Crippen LogP) is 5.06. The highest BCUT2D eigenvalue weighted by Crippen LogP contribution is 2.29. The second kappa shape index (κ2) is 17.6. The number of hydrogen-bond donors (Lipinski definition) is 2. The summed E-state index contributed by atoms with van der Waals surface area (Å²) in [6, 6.07) is 10.0. The van der Waals surface area contributed by atoms with Crippen molar-refractivity contribution in [3.05, 3.63) is 54.0 Å². The first kappa shape index (κ1) is 38.5. The minimum absolute atomic E-state index is 0.0836. The molecular weight excluding hydrogens is 638 g/mol. The van der Waals surface area contributed by atoms with Crippen LogP contribution in [0.3, 0.4) is 0 Å². The van der Waals surface area contributed by atoms with Gasteiger partial charge in [-0.25, -0.2) is 9.78 Å². The molecular formula is C37H55N7O6. The Morgan fingerprint density at radius 2 is 1.60 bits per heavy atom. The van der Waals surface area contributed by atoms with Crippen molar-refractivity contribution in [3.63, 3.8) is 0 Å². The molecule has 2 aromatic heterocycles. The zero-order chi connectivity index (χ0) is 36.4. The molecule has 274 valence electrons. The molecule has 0 radical (unpaired) electrons. The maximum absolute atomic E-state index is 13.3. The van der Waals surface area contributed by atoms with E-state index in [2.05, 4.69) is 31.8 Å². The van der Waals surface area contributed by atoms with Crippen LogP contribution in [0, 0.1) is 17.8 Å². The minimum atomic E-state index is -0.777. The van der Waals surface area contributed by atoms with Crippen LogP contribution in [0.25, 0.3) is 0 Å². The molecule has 5 rings (SSSR count). The number of oxime groups is 1. The smallest absolute Gasteiger partial charge is 0.410 e. The van der Waals surface area contributed by atoms with E-state index < -0.39 is 11.6 Å². The lowest BCUT2D eigenvalue weighted by atomic mass is 9.87. The van der Waals surface area contributed by atoms with Crippen molar-refractivity contribution in [2.45, 2.75) is 97.4 Å². The van der Waals surface area contributed by atoms with Gasteiger partial charge in [0.15, 0.2) is 0 Å². The molecule has 2 aromatic rings. The fourth-order valence-corrected chi connectivity index (χ4v) is 7.07. The highest BCUT2D eigenvalue weighted by Gasteiger charge is 2.36. The highest BCUT2D eigenvalue weighted by atomic mass is 16.6. The number of hydrogen-bond acceptors (Lipinski definition) is 10. The third-order valence-corrected chi connectivity index (χ3v) is 9.76. The van der Waals surface area contributed by atoms with Crippen LogP contribution in [-0.2, 0) is 25.7 Å². The Labute approximate surface area is 296 Å². The Morgan fingerprint density at radius 3 is 2.18 bits per heavy atom. The zero-order valence-electron chi connectivity index (χ0n) is 30.5. The van der Waals surface area contributed by atoms with Crippen molar-refractivity contribution in [1.29, 1.82) is 0 Å². The van der Waals surface area contributed by atoms with Gasteiger partial charge in [0.2, 0.25) is 5.91 Å².